The number of carbonyl (C=O) groups excluding carboxylic acids is 1. The van der Waals surface area contributed by atoms with E-state index in [1.54, 1.807) is 0 Å². The summed E-state index contributed by atoms with van der Waals surface area (Å²) in [6.07, 6.45) is 4.28. The van der Waals surface area contributed by atoms with Crippen molar-refractivity contribution < 1.29 is 4.79 Å². The van der Waals surface area contributed by atoms with Crippen molar-refractivity contribution in [1.29, 1.82) is 0 Å². The molecule has 0 spiro atoms. The van der Waals surface area contributed by atoms with Gasteiger partial charge in [0.1, 0.15) is 0 Å². The Morgan fingerprint density at radius 1 is 1.29 bits per heavy atom. The van der Waals surface area contributed by atoms with Crippen molar-refractivity contribution in [2.75, 3.05) is 13.1 Å². The van der Waals surface area contributed by atoms with Crippen LogP contribution in [0.5, 0.6) is 0 Å². The minimum absolute atomic E-state index is 0.124. The summed E-state index contributed by atoms with van der Waals surface area (Å²) in [5.41, 5.74) is 2.86. The molecule has 0 bridgehead atoms. The molecule has 0 saturated carbocycles. The van der Waals surface area contributed by atoms with E-state index in [9.17, 15) is 4.79 Å². The lowest BCUT2D eigenvalue weighted by Gasteiger charge is -2.26. The van der Waals surface area contributed by atoms with Crippen LogP contribution >= 0.6 is 0 Å². The van der Waals surface area contributed by atoms with Crippen LogP contribution in [0.25, 0.3) is 0 Å². The van der Waals surface area contributed by atoms with Crippen LogP contribution in [-0.4, -0.2) is 24.5 Å². The molecule has 1 aromatic carbocycles. The van der Waals surface area contributed by atoms with Gasteiger partial charge in [-0.25, -0.2) is 0 Å². The summed E-state index contributed by atoms with van der Waals surface area (Å²) in [7, 11) is 0. The largest absolute Gasteiger partial charge is 0.351 e. The molecule has 1 unspecified atom stereocenters. The molecule has 1 aliphatic carbocycles. The number of hydrogen-bond donors (Lipinski definition) is 2. The van der Waals surface area contributed by atoms with E-state index in [2.05, 4.69) is 34.9 Å². The first-order chi connectivity index (χ1) is 9.96. The Morgan fingerprint density at radius 3 is 2.81 bits per heavy atom. The first-order valence-electron chi connectivity index (χ1n) is 8.05. The van der Waals surface area contributed by atoms with Crippen molar-refractivity contribution in [2.24, 2.45) is 0 Å². The smallest absolute Gasteiger partial charge is 0.221 e. The van der Waals surface area contributed by atoms with E-state index in [0.717, 1.165) is 13.1 Å². The van der Waals surface area contributed by atoms with Crippen LogP contribution in [-0.2, 0) is 11.2 Å². The van der Waals surface area contributed by atoms with Gasteiger partial charge in [0.25, 0.3) is 0 Å². The van der Waals surface area contributed by atoms with E-state index in [-0.39, 0.29) is 11.4 Å². The van der Waals surface area contributed by atoms with Crippen molar-refractivity contribution in [1.82, 2.24) is 10.6 Å². The summed E-state index contributed by atoms with van der Waals surface area (Å²) < 4.78 is 0. The van der Waals surface area contributed by atoms with E-state index in [1.807, 2.05) is 20.8 Å². The summed E-state index contributed by atoms with van der Waals surface area (Å²) in [5.74, 6) is 0.722. The molecule has 0 radical (unpaired) electrons. The van der Waals surface area contributed by atoms with Gasteiger partial charge in [0.2, 0.25) is 5.91 Å². The highest BCUT2D eigenvalue weighted by Crippen LogP contribution is 2.30. The fourth-order valence-electron chi connectivity index (χ4n) is 3.03. The minimum atomic E-state index is -0.139. The Kier molecular flexibility index (Phi) is 5.40. The highest BCUT2D eigenvalue weighted by atomic mass is 16.1. The number of amides is 1. The zero-order chi connectivity index (χ0) is 15.3. The van der Waals surface area contributed by atoms with Crippen LogP contribution in [0, 0.1) is 0 Å². The number of carbonyl (C=O) groups is 1. The molecule has 3 heteroatoms. The van der Waals surface area contributed by atoms with Gasteiger partial charge in [-0.2, -0.15) is 0 Å². The van der Waals surface area contributed by atoms with E-state index >= 15 is 0 Å². The number of benzene rings is 1. The number of hydrogen-bond acceptors (Lipinski definition) is 2. The van der Waals surface area contributed by atoms with Crippen molar-refractivity contribution in [2.45, 2.75) is 57.9 Å². The predicted molar refractivity (Wildman–Crippen MR) is 87.5 cm³/mol. The predicted octanol–water partition coefficient (Wildman–Crippen LogP) is 3.00. The Balaban J connectivity index is 1.74. The lowest BCUT2D eigenvalue weighted by Crippen LogP contribution is -2.41. The molecule has 0 aliphatic heterocycles. The highest BCUT2D eigenvalue weighted by Gasteiger charge is 2.19. The standard InChI is InChI=1S/C18H28N2O/c1-18(2,3)20-17(21)11-12-19-13-15-9-6-8-14-7-4-5-10-16(14)15/h4-5,7,10,15,19H,6,8-9,11-13H2,1-3H3,(H,20,21). The zero-order valence-corrected chi connectivity index (χ0v) is 13.5. The molecule has 0 saturated heterocycles. The van der Waals surface area contributed by atoms with Gasteiger partial charge in [0.05, 0.1) is 0 Å². The van der Waals surface area contributed by atoms with Gasteiger partial charge in [-0.05, 0) is 57.1 Å². The lowest BCUT2D eigenvalue weighted by molar-refractivity contribution is -0.122. The molecule has 0 heterocycles. The first kappa shape index (κ1) is 16.0. The monoisotopic (exact) mass is 288 g/mol. The third-order valence-electron chi connectivity index (χ3n) is 3.93. The average Bonchev–Trinajstić information content (AvgIpc) is 2.42. The van der Waals surface area contributed by atoms with Gasteiger partial charge in [0.15, 0.2) is 0 Å². The molecule has 0 aromatic heterocycles. The topological polar surface area (TPSA) is 41.1 Å². The number of aryl methyl sites for hydroxylation is 1. The normalized spacial score (nSPS) is 18.1. The van der Waals surface area contributed by atoms with Crippen molar-refractivity contribution >= 4 is 5.91 Å². The van der Waals surface area contributed by atoms with Gasteiger partial charge in [-0.15, -0.1) is 0 Å². The summed E-state index contributed by atoms with van der Waals surface area (Å²) in [4.78, 5) is 11.8. The molecule has 2 N–H and O–H groups in total. The molecule has 0 fully saturated rings. The van der Waals surface area contributed by atoms with Crippen LogP contribution in [0.4, 0.5) is 0 Å². The zero-order valence-electron chi connectivity index (χ0n) is 13.5. The molecular formula is C18H28N2O. The fourth-order valence-corrected chi connectivity index (χ4v) is 3.03. The fraction of sp³-hybridized carbons (Fsp3) is 0.611. The molecule has 2 rings (SSSR count). The highest BCUT2D eigenvalue weighted by molar-refractivity contribution is 5.76. The molecule has 1 atom stereocenters. The molecular weight excluding hydrogens is 260 g/mol. The second-order valence-electron chi connectivity index (χ2n) is 7.04. The maximum absolute atomic E-state index is 11.8. The third-order valence-corrected chi connectivity index (χ3v) is 3.93. The molecule has 1 aliphatic rings. The molecule has 1 amide bonds. The Bertz CT molecular complexity index is 476. The van der Waals surface area contributed by atoms with Crippen LogP contribution in [0.3, 0.4) is 0 Å². The second kappa shape index (κ2) is 7.08. The van der Waals surface area contributed by atoms with Crippen LogP contribution in [0.1, 0.15) is 57.1 Å². The third kappa shape index (κ3) is 5.16. The molecule has 116 valence electrons. The number of nitrogens with one attached hydrogen (secondary N) is 2. The summed E-state index contributed by atoms with van der Waals surface area (Å²) in [6, 6.07) is 8.77. The Labute approximate surface area is 128 Å². The van der Waals surface area contributed by atoms with Gasteiger partial charge >= 0.3 is 0 Å². The van der Waals surface area contributed by atoms with Crippen molar-refractivity contribution in [3.05, 3.63) is 35.4 Å². The van der Waals surface area contributed by atoms with Crippen LogP contribution in [0.15, 0.2) is 24.3 Å². The number of fused-ring (bicyclic) bond motifs is 1. The van der Waals surface area contributed by atoms with E-state index in [0.29, 0.717) is 12.3 Å². The van der Waals surface area contributed by atoms with E-state index in [1.165, 1.54) is 30.4 Å². The molecule has 1 aromatic rings. The number of rotatable bonds is 5. The molecule has 3 nitrogen and oxygen atoms in total. The van der Waals surface area contributed by atoms with Gasteiger partial charge in [0, 0.05) is 25.0 Å². The maximum atomic E-state index is 11.8. The SMILES string of the molecule is CC(C)(C)NC(=O)CCNCC1CCCc2ccccc21. The molecule has 21 heavy (non-hydrogen) atoms. The first-order valence-corrected chi connectivity index (χ1v) is 8.05. The minimum Gasteiger partial charge on any atom is -0.351 e. The quantitative estimate of drug-likeness (QED) is 0.818. The van der Waals surface area contributed by atoms with Crippen LogP contribution < -0.4 is 10.6 Å². The van der Waals surface area contributed by atoms with Gasteiger partial charge in [-0.3, -0.25) is 4.79 Å². The van der Waals surface area contributed by atoms with E-state index < -0.39 is 0 Å². The van der Waals surface area contributed by atoms with Gasteiger partial charge in [-0.1, -0.05) is 24.3 Å². The Hall–Kier alpha value is -1.35. The Morgan fingerprint density at radius 2 is 2.05 bits per heavy atom. The lowest BCUT2D eigenvalue weighted by atomic mass is 9.83. The average molecular weight is 288 g/mol. The van der Waals surface area contributed by atoms with Crippen LogP contribution in [0.2, 0.25) is 0 Å². The van der Waals surface area contributed by atoms with Crippen molar-refractivity contribution in [3.8, 4) is 0 Å². The summed E-state index contributed by atoms with van der Waals surface area (Å²) in [5, 5.41) is 6.45. The summed E-state index contributed by atoms with van der Waals surface area (Å²) in [6.45, 7) is 7.76. The summed E-state index contributed by atoms with van der Waals surface area (Å²) >= 11 is 0. The van der Waals surface area contributed by atoms with Crippen molar-refractivity contribution in [3.63, 3.8) is 0 Å². The van der Waals surface area contributed by atoms with E-state index in [4.69, 9.17) is 0 Å². The second-order valence-corrected chi connectivity index (χ2v) is 7.04. The maximum Gasteiger partial charge on any atom is 0.221 e. The van der Waals surface area contributed by atoms with Gasteiger partial charge < -0.3 is 10.6 Å².